The second-order valence-electron chi connectivity index (χ2n) is 5.82. The first-order valence-electron chi connectivity index (χ1n) is 8.07. The number of aromatic nitrogens is 1. The minimum absolute atomic E-state index is 0.0640. The Morgan fingerprint density at radius 3 is 2.62 bits per heavy atom. The van der Waals surface area contributed by atoms with Crippen LogP contribution in [0.5, 0.6) is 5.75 Å². The second-order valence-corrected chi connectivity index (χ2v) is 6.18. The molecule has 0 aliphatic heterocycles. The fraction of sp³-hybridized carbons (Fsp3) is 0.316. The van der Waals surface area contributed by atoms with Crippen LogP contribution >= 0.6 is 11.6 Å². The van der Waals surface area contributed by atoms with Gasteiger partial charge in [-0.2, -0.15) is 0 Å². The summed E-state index contributed by atoms with van der Waals surface area (Å²) in [6, 6.07) is 9.07. The first kappa shape index (κ1) is 19.7. The molecule has 1 aromatic heterocycles. The Bertz CT molecular complexity index is 800. The van der Waals surface area contributed by atoms with Gasteiger partial charge in [-0.3, -0.25) is 4.79 Å². The summed E-state index contributed by atoms with van der Waals surface area (Å²) in [5, 5.41) is 2.79. The van der Waals surface area contributed by atoms with Gasteiger partial charge in [0.05, 0.1) is 12.7 Å². The van der Waals surface area contributed by atoms with Crippen LogP contribution in [0.2, 0.25) is 5.15 Å². The van der Waals surface area contributed by atoms with Crippen molar-refractivity contribution < 1.29 is 19.1 Å². The van der Waals surface area contributed by atoms with E-state index in [-0.39, 0.29) is 17.3 Å². The normalized spacial score (nSPS) is 11.6. The van der Waals surface area contributed by atoms with E-state index in [0.29, 0.717) is 17.0 Å². The highest BCUT2D eigenvalue weighted by molar-refractivity contribution is 6.32. The SMILES string of the molecule is COc1ccccc1CNC(=O)[C@H](C)OC(=O)c1c(C)cc(C)nc1Cl. The largest absolute Gasteiger partial charge is 0.496 e. The van der Waals surface area contributed by atoms with Gasteiger partial charge in [0.2, 0.25) is 0 Å². The first-order valence-corrected chi connectivity index (χ1v) is 8.45. The van der Waals surface area contributed by atoms with Crippen molar-refractivity contribution in [2.75, 3.05) is 7.11 Å². The third-order valence-corrected chi connectivity index (χ3v) is 4.08. The van der Waals surface area contributed by atoms with Gasteiger partial charge in [-0.1, -0.05) is 29.8 Å². The number of hydrogen-bond donors (Lipinski definition) is 1. The molecule has 0 saturated heterocycles. The van der Waals surface area contributed by atoms with Crippen LogP contribution in [0, 0.1) is 13.8 Å². The van der Waals surface area contributed by atoms with E-state index in [1.165, 1.54) is 6.92 Å². The number of carbonyl (C=O) groups is 2. The molecule has 2 rings (SSSR count). The van der Waals surface area contributed by atoms with E-state index in [1.807, 2.05) is 18.2 Å². The molecule has 0 aliphatic carbocycles. The fourth-order valence-electron chi connectivity index (χ4n) is 2.48. The summed E-state index contributed by atoms with van der Waals surface area (Å²) in [6.07, 6.45) is -0.978. The number of pyridine rings is 1. The van der Waals surface area contributed by atoms with Gasteiger partial charge in [0.15, 0.2) is 6.10 Å². The standard InChI is InChI=1S/C19H21ClN2O4/c1-11-9-12(2)22-17(20)16(11)19(24)26-13(3)18(23)21-10-14-7-5-6-8-15(14)25-4/h5-9,13H,10H2,1-4H3,(H,21,23)/t13-/m0/s1. The van der Waals surface area contributed by atoms with Crippen LogP contribution < -0.4 is 10.1 Å². The van der Waals surface area contributed by atoms with Gasteiger partial charge in [-0.15, -0.1) is 0 Å². The molecule has 1 aromatic carbocycles. The van der Waals surface area contributed by atoms with Crippen molar-refractivity contribution in [1.29, 1.82) is 0 Å². The molecule has 0 aliphatic rings. The molecule has 1 N–H and O–H groups in total. The van der Waals surface area contributed by atoms with Crippen LogP contribution in [-0.2, 0) is 16.1 Å². The van der Waals surface area contributed by atoms with Gasteiger partial charge >= 0.3 is 5.97 Å². The molecule has 0 radical (unpaired) electrons. The Kier molecular flexibility index (Phi) is 6.58. The van der Waals surface area contributed by atoms with E-state index >= 15 is 0 Å². The van der Waals surface area contributed by atoms with E-state index in [4.69, 9.17) is 21.1 Å². The first-order chi connectivity index (χ1) is 12.3. The molecule has 138 valence electrons. The number of halogens is 1. The number of hydrogen-bond acceptors (Lipinski definition) is 5. The van der Waals surface area contributed by atoms with Crippen LogP contribution in [0.1, 0.15) is 34.1 Å². The van der Waals surface area contributed by atoms with Crippen LogP contribution in [0.15, 0.2) is 30.3 Å². The molecule has 0 saturated carbocycles. The molecule has 2 aromatic rings. The Morgan fingerprint density at radius 2 is 1.96 bits per heavy atom. The van der Waals surface area contributed by atoms with Crippen molar-refractivity contribution >= 4 is 23.5 Å². The minimum atomic E-state index is -0.978. The summed E-state index contributed by atoms with van der Waals surface area (Å²) < 4.78 is 10.5. The molecule has 1 atom stereocenters. The number of nitrogens with one attached hydrogen (secondary N) is 1. The highest BCUT2D eigenvalue weighted by Crippen LogP contribution is 2.20. The number of methoxy groups -OCH3 is 1. The molecule has 6 nitrogen and oxygen atoms in total. The zero-order valence-corrected chi connectivity index (χ0v) is 15.9. The summed E-state index contributed by atoms with van der Waals surface area (Å²) in [6.45, 7) is 5.28. The highest BCUT2D eigenvalue weighted by Gasteiger charge is 2.23. The number of carbonyl (C=O) groups excluding carboxylic acids is 2. The maximum Gasteiger partial charge on any atom is 0.342 e. The molecule has 0 bridgehead atoms. The average molecular weight is 377 g/mol. The van der Waals surface area contributed by atoms with Gasteiger partial charge < -0.3 is 14.8 Å². The fourth-order valence-corrected chi connectivity index (χ4v) is 2.84. The van der Waals surface area contributed by atoms with E-state index in [0.717, 1.165) is 5.56 Å². The third kappa shape index (κ3) is 4.73. The molecule has 1 amide bonds. The second kappa shape index (κ2) is 8.67. The molecule has 7 heteroatoms. The number of nitrogens with zero attached hydrogens (tertiary/aromatic N) is 1. The Hall–Kier alpha value is -2.60. The minimum Gasteiger partial charge on any atom is -0.496 e. The third-order valence-electron chi connectivity index (χ3n) is 3.80. The molecule has 26 heavy (non-hydrogen) atoms. The Morgan fingerprint density at radius 1 is 1.27 bits per heavy atom. The van der Waals surface area contributed by atoms with Crippen molar-refractivity contribution in [1.82, 2.24) is 10.3 Å². The molecule has 0 spiro atoms. The van der Waals surface area contributed by atoms with Crippen molar-refractivity contribution in [3.8, 4) is 5.75 Å². The average Bonchev–Trinajstić information content (AvgIpc) is 2.58. The quantitative estimate of drug-likeness (QED) is 0.618. The van der Waals surface area contributed by atoms with Gasteiger partial charge in [0, 0.05) is 17.8 Å². The topological polar surface area (TPSA) is 77.5 Å². The van der Waals surface area contributed by atoms with E-state index < -0.39 is 18.0 Å². The number of esters is 1. The smallest absolute Gasteiger partial charge is 0.342 e. The zero-order valence-electron chi connectivity index (χ0n) is 15.1. The van der Waals surface area contributed by atoms with Crippen molar-refractivity contribution in [3.05, 3.63) is 57.9 Å². The number of benzene rings is 1. The number of ether oxygens (including phenoxy) is 2. The lowest BCUT2D eigenvalue weighted by Crippen LogP contribution is -2.35. The van der Waals surface area contributed by atoms with E-state index in [9.17, 15) is 9.59 Å². The molecule has 1 heterocycles. The Labute approximate surface area is 157 Å². The van der Waals surface area contributed by atoms with Crippen LogP contribution in [0.3, 0.4) is 0 Å². The highest BCUT2D eigenvalue weighted by atomic mass is 35.5. The summed E-state index contributed by atoms with van der Waals surface area (Å²) in [5.41, 5.74) is 2.34. The summed E-state index contributed by atoms with van der Waals surface area (Å²) in [7, 11) is 1.56. The number of rotatable bonds is 6. The molecular weight excluding hydrogens is 356 g/mol. The lowest BCUT2D eigenvalue weighted by Gasteiger charge is -2.16. The maximum atomic E-state index is 12.3. The lowest BCUT2D eigenvalue weighted by molar-refractivity contribution is -0.129. The maximum absolute atomic E-state index is 12.3. The predicted molar refractivity (Wildman–Crippen MR) is 98.4 cm³/mol. The number of para-hydroxylation sites is 1. The van der Waals surface area contributed by atoms with Gasteiger partial charge in [0.25, 0.3) is 5.91 Å². The van der Waals surface area contributed by atoms with Gasteiger partial charge in [0.1, 0.15) is 10.9 Å². The van der Waals surface area contributed by atoms with Crippen LogP contribution in [0.4, 0.5) is 0 Å². The molecule has 0 fully saturated rings. The summed E-state index contributed by atoms with van der Waals surface area (Å²) >= 11 is 6.04. The van der Waals surface area contributed by atoms with Crippen LogP contribution in [-0.4, -0.2) is 30.1 Å². The van der Waals surface area contributed by atoms with Gasteiger partial charge in [-0.05, 0) is 38.5 Å². The summed E-state index contributed by atoms with van der Waals surface area (Å²) in [4.78, 5) is 28.6. The van der Waals surface area contributed by atoms with Crippen molar-refractivity contribution in [2.24, 2.45) is 0 Å². The van der Waals surface area contributed by atoms with Crippen LogP contribution in [0.25, 0.3) is 0 Å². The Balaban J connectivity index is 2.00. The van der Waals surface area contributed by atoms with E-state index in [1.54, 1.807) is 33.1 Å². The number of aryl methyl sites for hydroxylation is 2. The van der Waals surface area contributed by atoms with Crippen molar-refractivity contribution in [3.63, 3.8) is 0 Å². The van der Waals surface area contributed by atoms with Crippen molar-refractivity contribution in [2.45, 2.75) is 33.4 Å². The monoisotopic (exact) mass is 376 g/mol. The predicted octanol–water partition coefficient (Wildman–Crippen LogP) is 3.22. The molecule has 0 unspecified atom stereocenters. The van der Waals surface area contributed by atoms with E-state index in [2.05, 4.69) is 10.3 Å². The van der Waals surface area contributed by atoms with Gasteiger partial charge in [-0.25, -0.2) is 9.78 Å². The zero-order chi connectivity index (χ0) is 19.3. The number of amides is 1. The summed E-state index contributed by atoms with van der Waals surface area (Å²) in [5.74, 6) is -0.427. The molecular formula is C19H21ClN2O4. The lowest BCUT2D eigenvalue weighted by atomic mass is 10.1.